The van der Waals surface area contributed by atoms with Crippen molar-refractivity contribution in [2.75, 3.05) is 12.8 Å². The van der Waals surface area contributed by atoms with Gasteiger partial charge in [0.05, 0.1) is 18.1 Å². The van der Waals surface area contributed by atoms with Crippen LogP contribution in [0.3, 0.4) is 0 Å². The van der Waals surface area contributed by atoms with Crippen molar-refractivity contribution in [2.45, 2.75) is 62.5 Å². The van der Waals surface area contributed by atoms with Crippen molar-refractivity contribution in [2.24, 2.45) is 5.92 Å². The van der Waals surface area contributed by atoms with E-state index in [1.807, 2.05) is 0 Å². The van der Waals surface area contributed by atoms with E-state index >= 15 is 0 Å². The second-order valence-electron chi connectivity index (χ2n) is 9.09. The normalized spacial score (nSPS) is 32.8. The van der Waals surface area contributed by atoms with Gasteiger partial charge in [-0.1, -0.05) is 20.8 Å². The first-order valence-electron chi connectivity index (χ1n) is 9.94. The lowest BCUT2D eigenvalue weighted by Crippen LogP contribution is -2.38. The van der Waals surface area contributed by atoms with Crippen molar-refractivity contribution < 1.29 is 33.2 Å². The van der Waals surface area contributed by atoms with Gasteiger partial charge >= 0.3 is 7.60 Å². The Labute approximate surface area is 189 Å². The molecule has 12 nitrogen and oxygen atoms in total. The van der Waals surface area contributed by atoms with Crippen LogP contribution in [-0.2, 0) is 30.4 Å². The number of nitrogen functional groups attached to an aromatic ring is 1. The predicted octanol–water partition coefficient (Wildman–Crippen LogP) is 1.37. The molecule has 1 saturated heterocycles. The molecule has 1 saturated carbocycles. The Bertz CT molecular complexity index is 1120. The highest BCUT2D eigenvalue weighted by molar-refractivity contribution is 8.10. The number of rotatable bonds is 6. The largest absolute Gasteiger partial charge is 0.382 e. The number of nitrogens with zero attached hydrogens (tertiary/aromatic N) is 4. The number of nitrogens with two attached hydrogens (primary N) is 1. The minimum absolute atomic E-state index is 0.201. The van der Waals surface area contributed by atoms with Crippen molar-refractivity contribution in [3.63, 3.8) is 0 Å². The standard InChI is InChI=1S/C17H27N5O7P2S/c1-17(2,3)31(26,32)29-12-11(8-5-9(8)30(23,24)25)28-16(13(12)27-4)22-7-21-10-14(18)19-6-20-15(10)22/h6-9,11-13,16H,5H2,1-4H3,(H,26,32)(H2,18,19,20)(H2,23,24,25)/t8?,9?,11-,12?,13+,16-,31?/m1/s1. The van der Waals surface area contributed by atoms with Gasteiger partial charge in [-0.05, 0) is 18.2 Å². The maximum absolute atomic E-state index is 11.8. The van der Waals surface area contributed by atoms with Crippen LogP contribution in [0.4, 0.5) is 5.82 Å². The van der Waals surface area contributed by atoms with Crippen LogP contribution in [0.1, 0.15) is 33.4 Å². The molecule has 3 heterocycles. The summed E-state index contributed by atoms with van der Waals surface area (Å²) in [7, 11) is -2.85. The lowest BCUT2D eigenvalue weighted by Gasteiger charge is -2.34. The smallest absolute Gasteiger partial charge is 0.328 e. The number of ether oxygens (including phenoxy) is 2. The molecule has 2 aromatic rings. The predicted molar refractivity (Wildman–Crippen MR) is 120 cm³/mol. The van der Waals surface area contributed by atoms with Crippen LogP contribution >= 0.6 is 14.1 Å². The van der Waals surface area contributed by atoms with Gasteiger partial charge in [0.25, 0.3) is 0 Å². The van der Waals surface area contributed by atoms with E-state index in [0.717, 1.165) is 0 Å². The molecule has 2 aromatic heterocycles. The fraction of sp³-hybridized carbons (Fsp3) is 0.706. The molecule has 2 fully saturated rings. The first kappa shape index (κ1) is 24.1. The van der Waals surface area contributed by atoms with Gasteiger partial charge in [0.2, 0.25) is 0 Å². The summed E-state index contributed by atoms with van der Waals surface area (Å²) in [5.74, 6) is -0.277. The fourth-order valence-corrected chi connectivity index (χ4v) is 6.29. The number of methoxy groups -OCH3 is 1. The molecule has 4 unspecified atom stereocenters. The lowest BCUT2D eigenvalue weighted by atomic mass is 10.1. The van der Waals surface area contributed by atoms with Crippen molar-refractivity contribution in [3.8, 4) is 0 Å². The Balaban J connectivity index is 1.74. The van der Waals surface area contributed by atoms with E-state index in [1.54, 1.807) is 25.3 Å². The molecule has 0 amide bonds. The van der Waals surface area contributed by atoms with Gasteiger partial charge in [-0.15, -0.1) is 0 Å². The first-order chi connectivity index (χ1) is 14.8. The molecule has 7 atom stereocenters. The molecule has 0 bridgehead atoms. The van der Waals surface area contributed by atoms with Gasteiger partial charge in [-0.25, -0.2) is 15.0 Å². The van der Waals surface area contributed by atoms with E-state index < -0.39 is 55.4 Å². The van der Waals surface area contributed by atoms with Crippen molar-refractivity contribution in [1.29, 1.82) is 0 Å². The first-order valence-corrected chi connectivity index (χ1v) is 14.3. The third-order valence-electron chi connectivity index (χ3n) is 5.93. The zero-order valence-corrected chi connectivity index (χ0v) is 20.6. The van der Waals surface area contributed by atoms with Crippen LogP contribution in [0.25, 0.3) is 11.2 Å². The van der Waals surface area contributed by atoms with E-state index in [0.29, 0.717) is 11.2 Å². The Kier molecular flexibility index (Phi) is 6.06. The van der Waals surface area contributed by atoms with E-state index in [4.69, 9.17) is 31.5 Å². The number of aromatic nitrogens is 4. The molecular formula is C17H27N5O7P2S. The third kappa shape index (κ3) is 4.15. The minimum atomic E-state index is -4.31. The van der Waals surface area contributed by atoms with Crippen LogP contribution in [0.5, 0.6) is 0 Å². The molecular weight excluding hydrogens is 480 g/mol. The maximum atomic E-state index is 11.8. The van der Waals surface area contributed by atoms with Gasteiger partial charge in [-0.3, -0.25) is 9.13 Å². The Hall–Kier alpha value is -1.01. The number of fused-ring (bicyclic) bond motifs is 1. The summed E-state index contributed by atoms with van der Waals surface area (Å²) in [6.07, 6.45) is -0.143. The van der Waals surface area contributed by atoms with Gasteiger partial charge in [-0.2, -0.15) is 0 Å². The van der Waals surface area contributed by atoms with Crippen LogP contribution in [0.2, 0.25) is 0 Å². The Morgan fingerprint density at radius 2 is 1.94 bits per heavy atom. The monoisotopic (exact) mass is 507 g/mol. The van der Waals surface area contributed by atoms with Gasteiger partial charge < -0.3 is 34.4 Å². The molecule has 0 radical (unpaired) electrons. The van der Waals surface area contributed by atoms with Crippen LogP contribution in [-0.4, -0.2) is 70.4 Å². The molecule has 32 heavy (non-hydrogen) atoms. The summed E-state index contributed by atoms with van der Waals surface area (Å²) in [6.45, 7) is 1.99. The van der Waals surface area contributed by atoms with E-state index in [2.05, 4.69) is 15.0 Å². The average Bonchev–Trinajstić information content (AvgIpc) is 3.24. The highest BCUT2D eigenvalue weighted by Crippen LogP contribution is 2.64. The molecule has 0 spiro atoms. The molecule has 178 valence electrons. The van der Waals surface area contributed by atoms with Crippen LogP contribution in [0.15, 0.2) is 12.7 Å². The number of hydrogen-bond acceptors (Lipinski definition) is 9. The Morgan fingerprint density at radius 1 is 1.25 bits per heavy atom. The van der Waals surface area contributed by atoms with Crippen molar-refractivity contribution >= 4 is 42.9 Å². The average molecular weight is 507 g/mol. The molecule has 0 aromatic carbocycles. The van der Waals surface area contributed by atoms with Crippen LogP contribution in [0, 0.1) is 5.92 Å². The highest BCUT2D eigenvalue weighted by atomic mass is 32.5. The van der Waals surface area contributed by atoms with Gasteiger partial charge in [0.1, 0.15) is 24.1 Å². The highest BCUT2D eigenvalue weighted by Gasteiger charge is 2.62. The van der Waals surface area contributed by atoms with Crippen molar-refractivity contribution in [1.82, 2.24) is 19.5 Å². The number of hydrogen-bond donors (Lipinski definition) is 4. The van der Waals surface area contributed by atoms with Crippen LogP contribution < -0.4 is 5.73 Å². The second kappa shape index (κ2) is 8.04. The molecule has 2 aliphatic rings. The number of anilines is 1. The summed E-state index contributed by atoms with van der Waals surface area (Å²) in [6, 6.07) is 0. The van der Waals surface area contributed by atoms with E-state index in [-0.39, 0.29) is 12.2 Å². The summed E-state index contributed by atoms with van der Waals surface area (Å²) in [5, 5.41) is -0.723. The minimum Gasteiger partial charge on any atom is -0.382 e. The zero-order chi connectivity index (χ0) is 23.6. The van der Waals surface area contributed by atoms with E-state index in [9.17, 15) is 19.2 Å². The summed E-state index contributed by atoms with van der Waals surface area (Å²) < 4.78 is 31.5. The topological polar surface area (TPSA) is 175 Å². The van der Waals surface area contributed by atoms with Gasteiger partial charge in [0, 0.05) is 18.2 Å². The molecule has 15 heteroatoms. The molecule has 5 N–H and O–H groups in total. The maximum Gasteiger partial charge on any atom is 0.328 e. The molecule has 1 aliphatic heterocycles. The van der Waals surface area contributed by atoms with Gasteiger partial charge in [0.15, 0.2) is 24.2 Å². The second-order valence-corrected chi connectivity index (χ2v) is 15.0. The SMILES string of the molecule is CO[C@H]1C(OP(O)(=S)C(C)(C)C)[C@@H](C2CC2P(=O)(O)O)O[C@H]1n1cnc2c(N)ncnc21. The quantitative estimate of drug-likeness (QED) is 0.414. The number of imidazole rings is 1. The lowest BCUT2D eigenvalue weighted by molar-refractivity contribution is -0.0525. The fourth-order valence-electron chi connectivity index (χ4n) is 3.92. The zero-order valence-electron chi connectivity index (χ0n) is 18.0. The summed E-state index contributed by atoms with van der Waals surface area (Å²) in [4.78, 5) is 42.7. The Morgan fingerprint density at radius 3 is 2.50 bits per heavy atom. The summed E-state index contributed by atoms with van der Waals surface area (Å²) in [5.41, 5.74) is 5.83. The molecule has 4 rings (SSSR count). The summed E-state index contributed by atoms with van der Waals surface area (Å²) >= 11 is 5.44. The molecule has 1 aliphatic carbocycles. The van der Waals surface area contributed by atoms with Crippen molar-refractivity contribution in [3.05, 3.63) is 12.7 Å². The van der Waals surface area contributed by atoms with E-state index in [1.165, 1.54) is 19.8 Å². The third-order valence-corrected chi connectivity index (χ3v) is 11.5.